The Kier molecular flexibility index (Phi) is 3.10. The van der Waals surface area contributed by atoms with Crippen molar-refractivity contribution < 1.29 is 4.79 Å². The maximum Gasteiger partial charge on any atom is 0.237 e. The monoisotopic (exact) mass is 232 g/mol. The third-order valence-electron chi connectivity index (χ3n) is 2.83. The molecule has 0 radical (unpaired) electrons. The zero-order valence-electron chi connectivity index (χ0n) is 9.97. The van der Waals surface area contributed by atoms with Gasteiger partial charge in [0.2, 0.25) is 5.91 Å². The molecule has 1 aromatic heterocycles. The van der Waals surface area contributed by atoms with Crippen LogP contribution in [-0.2, 0) is 18.3 Å². The van der Waals surface area contributed by atoms with Crippen LogP contribution in [0.4, 0.5) is 0 Å². The minimum atomic E-state index is -0.513. The van der Waals surface area contributed by atoms with Crippen molar-refractivity contribution in [2.45, 2.75) is 12.5 Å². The van der Waals surface area contributed by atoms with Gasteiger partial charge in [-0.05, 0) is 24.1 Å². The molecule has 17 heavy (non-hydrogen) atoms. The van der Waals surface area contributed by atoms with E-state index in [1.807, 2.05) is 29.8 Å². The van der Waals surface area contributed by atoms with Crippen molar-refractivity contribution in [2.24, 2.45) is 12.8 Å². The predicted octanol–water partition coefficient (Wildman–Crippen LogP) is 0.189. The maximum absolute atomic E-state index is 11.3. The van der Waals surface area contributed by atoms with Crippen LogP contribution in [0.15, 0.2) is 24.5 Å². The van der Waals surface area contributed by atoms with E-state index in [0.717, 1.165) is 16.6 Å². The number of benzene rings is 1. The van der Waals surface area contributed by atoms with Crippen molar-refractivity contribution in [3.63, 3.8) is 0 Å². The Balaban J connectivity index is 2.22. The first-order valence-corrected chi connectivity index (χ1v) is 5.49. The first kappa shape index (κ1) is 11.6. The number of nitrogens with one attached hydrogen (secondary N) is 1. The Morgan fingerprint density at radius 1 is 1.59 bits per heavy atom. The first-order valence-electron chi connectivity index (χ1n) is 5.49. The van der Waals surface area contributed by atoms with Crippen molar-refractivity contribution >= 4 is 16.9 Å². The molecule has 0 aliphatic heterocycles. The molecule has 5 heteroatoms. The molecular formula is C12H16N4O. The largest absolute Gasteiger partial charge is 0.358 e. The topological polar surface area (TPSA) is 72.9 Å². The minimum Gasteiger partial charge on any atom is -0.358 e. The molecule has 1 unspecified atom stereocenters. The van der Waals surface area contributed by atoms with Gasteiger partial charge in [0.05, 0.1) is 23.4 Å². The van der Waals surface area contributed by atoms with E-state index in [0.29, 0.717) is 6.42 Å². The second-order valence-corrected chi connectivity index (χ2v) is 4.10. The zero-order valence-corrected chi connectivity index (χ0v) is 9.97. The number of nitrogens with zero attached hydrogens (tertiary/aromatic N) is 2. The van der Waals surface area contributed by atoms with Gasteiger partial charge in [0.15, 0.2) is 0 Å². The van der Waals surface area contributed by atoms with Crippen LogP contribution in [0, 0.1) is 0 Å². The summed E-state index contributed by atoms with van der Waals surface area (Å²) >= 11 is 0. The van der Waals surface area contributed by atoms with Crippen molar-refractivity contribution in [3.05, 3.63) is 30.1 Å². The lowest BCUT2D eigenvalue weighted by Crippen LogP contribution is -2.40. The van der Waals surface area contributed by atoms with Gasteiger partial charge in [-0.15, -0.1) is 0 Å². The third-order valence-corrected chi connectivity index (χ3v) is 2.83. The van der Waals surface area contributed by atoms with Crippen LogP contribution >= 0.6 is 0 Å². The van der Waals surface area contributed by atoms with Gasteiger partial charge in [0.25, 0.3) is 0 Å². The summed E-state index contributed by atoms with van der Waals surface area (Å²) in [5.74, 6) is -0.147. The van der Waals surface area contributed by atoms with Gasteiger partial charge < -0.3 is 15.6 Å². The first-order chi connectivity index (χ1) is 8.11. The molecule has 1 atom stereocenters. The second-order valence-electron chi connectivity index (χ2n) is 4.10. The molecule has 5 nitrogen and oxygen atoms in total. The molecule has 0 bridgehead atoms. The van der Waals surface area contributed by atoms with Gasteiger partial charge in [-0.2, -0.15) is 0 Å². The van der Waals surface area contributed by atoms with Gasteiger partial charge >= 0.3 is 0 Å². The fraction of sp³-hybridized carbons (Fsp3) is 0.333. The van der Waals surface area contributed by atoms with Crippen molar-refractivity contribution in [1.82, 2.24) is 14.9 Å². The van der Waals surface area contributed by atoms with Gasteiger partial charge in [-0.25, -0.2) is 4.98 Å². The van der Waals surface area contributed by atoms with E-state index in [4.69, 9.17) is 5.73 Å². The van der Waals surface area contributed by atoms with E-state index in [1.54, 1.807) is 13.4 Å². The number of likely N-dealkylation sites (N-methyl/N-ethyl adjacent to an activating group) is 1. The number of hydrogen-bond donors (Lipinski definition) is 2. The Hall–Kier alpha value is -1.88. The highest BCUT2D eigenvalue weighted by molar-refractivity contribution is 5.82. The van der Waals surface area contributed by atoms with Crippen LogP contribution in [-0.4, -0.2) is 28.5 Å². The van der Waals surface area contributed by atoms with Crippen LogP contribution in [0.25, 0.3) is 11.0 Å². The van der Waals surface area contributed by atoms with Gasteiger partial charge in [-0.1, -0.05) is 6.07 Å². The number of carbonyl (C=O) groups is 1. The van der Waals surface area contributed by atoms with Crippen LogP contribution in [0.3, 0.4) is 0 Å². The van der Waals surface area contributed by atoms with Gasteiger partial charge in [0, 0.05) is 14.1 Å². The van der Waals surface area contributed by atoms with E-state index >= 15 is 0 Å². The molecular weight excluding hydrogens is 216 g/mol. The Morgan fingerprint density at radius 3 is 3.06 bits per heavy atom. The lowest BCUT2D eigenvalue weighted by molar-refractivity contribution is -0.121. The van der Waals surface area contributed by atoms with Crippen LogP contribution < -0.4 is 11.1 Å². The third kappa shape index (κ3) is 2.29. The molecule has 0 aliphatic rings. The number of aromatic nitrogens is 2. The Morgan fingerprint density at radius 2 is 2.35 bits per heavy atom. The van der Waals surface area contributed by atoms with Crippen LogP contribution in [0.2, 0.25) is 0 Å². The molecule has 0 saturated heterocycles. The molecule has 1 amide bonds. The molecule has 0 fully saturated rings. The van der Waals surface area contributed by atoms with Gasteiger partial charge in [0.1, 0.15) is 0 Å². The average molecular weight is 232 g/mol. The highest BCUT2D eigenvalue weighted by Crippen LogP contribution is 2.14. The SMILES string of the molecule is CNC(=O)C(N)Cc1ccc2c(c1)ncn2C. The molecule has 0 spiro atoms. The summed E-state index contributed by atoms with van der Waals surface area (Å²) in [5.41, 5.74) is 8.79. The quantitative estimate of drug-likeness (QED) is 0.793. The number of rotatable bonds is 3. The number of imidazole rings is 1. The molecule has 2 rings (SSSR count). The highest BCUT2D eigenvalue weighted by Gasteiger charge is 2.12. The fourth-order valence-corrected chi connectivity index (χ4v) is 1.84. The normalized spacial score (nSPS) is 12.6. The summed E-state index contributed by atoms with van der Waals surface area (Å²) in [6.45, 7) is 0. The minimum absolute atomic E-state index is 0.147. The van der Waals surface area contributed by atoms with Crippen molar-refractivity contribution in [3.8, 4) is 0 Å². The number of nitrogens with two attached hydrogens (primary N) is 1. The van der Waals surface area contributed by atoms with E-state index < -0.39 is 6.04 Å². The molecule has 0 saturated carbocycles. The van der Waals surface area contributed by atoms with Gasteiger partial charge in [-0.3, -0.25) is 4.79 Å². The Labute approximate surface area is 99.6 Å². The highest BCUT2D eigenvalue weighted by atomic mass is 16.2. The summed E-state index contributed by atoms with van der Waals surface area (Å²) in [7, 11) is 3.54. The van der Waals surface area contributed by atoms with Crippen LogP contribution in [0.5, 0.6) is 0 Å². The number of hydrogen-bond acceptors (Lipinski definition) is 3. The molecule has 3 N–H and O–H groups in total. The van der Waals surface area contributed by atoms with E-state index in [2.05, 4.69) is 10.3 Å². The maximum atomic E-state index is 11.3. The van der Waals surface area contributed by atoms with E-state index in [9.17, 15) is 4.79 Å². The average Bonchev–Trinajstić information content (AvgIpc) is 2.69. The zero-order chi connectivity index (χ0) is 12.4. The standard InChI is InChI=1S/C12H16N4O/c1-14-12(17)9(13)5-8-3-4-11-10(6-8)15-7-16(11)2/h3-4,6-7,9H,5,13H2,1-2H3,(H,14,17). The summed E-state index contributed by atoms with van der Waals surface area (Å²) in [6.07, 6.45) is 2.29. The number of amides is 1. The van der Waals surface area contributed by atoms with E-state index in [-0.39, 0.29) is 5.91 Å². The second kappa shape index (κ2) is 4.55. The summed E-state index contributed by atoms with van der Waals surface area (Å²) in [6, 6.07) is 5.43. The fourth-order valence-electron chi connectivity index (χ4n) is 1.84. The summed E-state index contributed by atoms with van der Waals surface area (Å²) in [4.78, 5) is 15.6. The van der Waals surface area contributed by atoms with E-state index in [1.165, 1.54) is 0 Å². The number of fused-ring (bicyclic) bond motifs is 1. The summed E-state index contributed by atoms with van der Waals surface area (Å²) < 4.78 is 1.96. The lowest BCUT2D eigenvalue weighted by atomic mass is 10.1. The smallest absolute Gasteiger partial charge is 0.237 e. The molecule has 1 heterocycles. The molecule has 1 aromatic carbocycles. The number of carbonyl (C=O) groups excluding carboxylic acids is 1. The van der Waals surface area contributed by atoms with Crippen molar-refractivity contribution in [1.29, 1.82) is 0 Å². The lowest BCUT2D eigenvalue weighted by Gasteiger charge is -2.09. The molecule has 2 aromatic rings. The van der Waals surface area contributed by atoms with Crippen molar-refractivity contribution in [2.75, 3.05) is 7.05 Å². The Bertz CT molecular complexity index is 546. The summed E-state index contributed by atoms with van der Waals surface area (Å²) in [5, 5.41) is 2.54. The molecule has 0 aliphatic carbocycles. The van der Waals surface area contributed by atoms with Crippen LogP contribution in [0.1, 0.15) is 5.56 Å². The number of aryl methyl sites for hydroxylation is 1. The molecule has 90 valence electrons. The predicted molar refractivity (Wildman–Crippen MR) is 66.5 cm³/mol.